The summed E-state index contributed by atoms with van der Waals surface area (Å²) in [6, 6.07) is -3.41. The van der Waals surface area contributed by atoms with Gasteiger partial charge in [-0.05, 0) is 6.42 Å². The van der Waals surface area contributed by atoms with Crippen molar-refractivity contribution < 1.29 is 110 Å². The molecule has 0 aromatic rings. The first kappa shape index (κ1) is 62.0. The van der Waals surface area contributed by atoms with Crippen LogP contribution in [0.2, 0.25) is 0 Å². The van der Waals surface area contributed by atoms with E-state index in [1.54, 1.807) is 6.92 Å². The van der Waals surface area contributed by atoms with Gasteiger partial charge >= 0.3 is 35.8 Å². The van der Waals surface area contributed by atoms with E-state index in [-0.39, 0.29) is 72.0 Å². The van der Waals surface area contributed by atoms with Gasteiger partial charge in [-0.15, -0.1) is 0 Å². The van der Waals surface area contributed by atoms with E-state index in [0.717, 1.165) is 41.5 Å². The summed E-state index contributed by atoms with van der Waals surface area (Å²) in [6.45, 7) is 9.56. The molecule has 0 bridgehead atoms. The first-order valence-electron chi connectivity index (χ1n) is 23.1. The molecule has 2 rings (SSSR count). The molecule has 2 fully saturated rings. The Labute approximate surface area is 415 Å². The van der Waals surface area contributed by atoms with Gasteiger partial charge in [0.15, 0.2) is 37.0 Å². The number of nitrogens with one attached hydrogen (secondary N) is 5. The maximum atomic E-state index is 13.1. The van der Waals surface area contributed by atoms with Crippen molar-refractivity contribution in [1.82, 2.24) is 26.6 Å². The summed E-state index contributed by atoms with van der Waals surface area (Å²) in [7, 11) is 0. The van der Waals surface area contributed by atoms with Crippen LogP contribution in [-0.2, 0) is 110 Å². The number of carbonyl (C=O) groups excluding carboxylic acids is 11. The molecule has 28 nitrogen and oxygen atoms in total. The molecule has 2 aliphatic rings. The molecule has 5 N–H and O–H groups in total. The van der Waals surface area contributed by atoms with Crippen LogP contribution in [0.15, 0.2) is 0 Å². The van der Waals surface area contributed by atoms with Gasteiger partial charge in [-0.3, -0.25) is 52.7 Å². The molecule has 5 amide bonds. The Kier molecular flexibility index (Phi) is 28.3. The third-order valence-corrected chi connectivity index (χ3v) is 9.91. The average Bonchev–Trinajstić information content (AvgIpc) is 3.28. The Morgan fingerprint density at radius 3 is 1.26 bits per heavy atom. The van der Waals surface area contributed by atoms with Crippen molar-refractivity contribution in [3.05, 3.63) is 0 Å². The van der Waals surface area contributed by atoms with Gasteiger partial charge in [0, 0.05) is 81.3 Å². The number of esters is 6. The Morgan fingerprint density at radius 2 is 0.889 bits per heavy atom. The summed E-state index contributed by atoms with van der Waals surface area (Å²) >= 11 is 0. The van der Waals surface area contributed by atoms with Gasteiger partial charge in [-0.2, -0.15) is 0 Å². The number of amides is 5. The van der Waals surface area contributed by atoms with Gasteiger partial charge in [0.25, 0.3) is 0 Å². The summed E-state index contributed by atoms with van der Waals surface area (Å²) < 4.78 is 66.4. The van der Waals surface area contributed by atoms with Crippen LogP contribution in [0, 0.1) is 0 Å². The molecule has 0 spiro atoms. The van der Waals surface area contributed by atoms with E-state index in [4.69, 9.17) is 56.8 Å². The van der Waals surface area contributed by atoms with E-state index in [1.807, 2.05) is 0 Å². The van der Waals surface area contributed by atoms with Crippen LogP contribution in [-0.4, -0.2) is 199 Å². The van der Waals surface area contributed by atoms with Gasteiger partial charge in [-0.1, -0.05) is 6.92 Å². The second-order valence-corrected chi connectivity index (χ2v) is 16.1. The van der Waals surface area contributed by atoms with E-state index < -0.39 is 146 Å². The predicted molar refractivity (Wildman–Crippen MR) is 239 cm³/mol. The van der Waals surface area contributed by atoms with Gasteiger partial charge in [-0.25, -0.2) is 0 Å². The molecule has 10 unspecified atom stereocenters. The fourth-order valence-corrected chi connectivity index (χ4v) is 7.08. The molecular weight excluding hydrogens is 966 g/mol. The minimum absolute atomic E-state index is 0.0146. The normalized spacial score (nSPS) is 23.9. The van der Waals surface area contributed by atoms with E-state index in [9.17, 15) is 52.7 Å². The van der Waals surface area contributed by atoms with Crippen LogP contribution in [0.25, 0.3) is 0 Å². The lowest BCUT2D eigenvalue weighted by molar-refractivity contribution is -0.279. The fourth-order valence-electron chi connectivity index (χ4n) is 7.08. The van der Waals surface area contributed by atoms with Crippen molar-refractivity contribution >= 4 is 65.4 Å². The zero-order chi connectivity index (χ0) is 53.9. The SMILES string of the molecule is CCC(=O)NC(CCC(=O)NCCOCCOC1OC(COC(C)=O)C(OC(C)=O)C(OC(C)=O)C1NC(C)=O)C(=O)NCCOCCOC1O[C@H](COC(C)=O)C(OC(C)=O)C(OC(C)=O)C1NC(C)=O. The summed E-state index contributed by atoms with van der Waals surface area (Å²) in [5.41, 5.74) is 0. The van der Waals surface area contributed by atoms with Crippen molar-refractivity contribution in [2.75, 3.05) is 65.9 Å². The second kappa shape index (κ2) is 32.8. The largest absolute Gasteiger partial charge is 0.463 e. The zero-order valence-electron chi connectivity index (χ0n) is 41.9. The standard InChI is InChI=1S/C44H69N5O23/c1-10-34(58)49-31(42(60)46-14-16-62-18-20-64-44-37(48-24(3)51)41(70-30(9)57)39(68-28(7)55)33(72-44)22-66-26(5)53)11-12-35(59)45-13-15-61-17-19-63-43-36(47-23(2)50)40(69-29(8)56)38(67-27(6)54)32(71-43)21-65-25(4)52/h31-33,36-41,43-44H,10-22H2,1-9H3,(H,45,59)(H,46,60)(H,47,50)(H,48,51)(H,49,58)/t31?,32?,33-,36?,37?,38?,39?,40?,41?,43?,44?/m1/s1. The van der Waals surface area contributed by atoms with Crippen LogP contribution in [0.4, 0.5) is 0 Å². The van der Waals surface area contributed by atoms with Crippen molar-refractivity contribution in [2.45, 2.75) is 149 Å². The van der Waals surface area contributed by atoms with Crippen LogP contribution in [0.3, 0.4) is 0 Å². The van der Waals surface area contributed by atoms with Crippen LogP contribution in [0.5, 0.6) is 0 Å². The third kappa shape index (κ3) is 23.9. The lowest BCUT2D eigenvalue weighted by Crippen LogP contribution is -2.66. The number of carbonyl (C=O) groups is 11. The molecule has 2 saturated heterocycles. The highest BCUT2D eigenvalue weighted by Crippen LogP contribution is 2.29. The van der Waals surface area contributed by atoms with E-state index >= 15 is 0 Å². The summed E-state index contributed by atoms with van der Waals surface area (Å²) in [4.78, 5) is 134. The third-order valence-electron chi connectivity index (χ3n) is 9.91. The lowest BCUT2D eigenvalue weighted by Gasteiger charge is -2.44. The minimum atomic E-state index is -1.31. The van der Waals surface area contributed by atoms with E-state index in [0.29, 0.717) is 0 Å². The van der Waals surface area contributed by atoms with Crippen molar-refractivity contribution in [1.29, 1.82) is 0 Å². The van der Waals surface area contributed by atoms with Gasteiger partial charge < -0.3 is 83.4 Å². The molecule has 408 valence electrons. The van der Waals surface area contributed by atoms with Gasteiger partial charge in [0.1, 0.15) is 43.5 Å². The maximum absolute atomic E-state index is 13.1. The molecule has 28 heteroatoms. The molecular formula is C44H69N5O23. The molecule has 0 aromatic carbocycles. The summed E-state index contributed by atoms with van der Waals surface area (Å²) in [6.07, 6.45) is -10.3. The zero-order valence-corrected chi connectivity index (χ0v) is 41.9. The Balaban J connectivity index is 1.88. The molecule has 0 saturated carbocycles. The highest BCUT2D eigenvalue weighted by molar-refractivity contribution is 5.88. The number of hydrogen-bond acceptors (Lipinski definition) is 23. The van der Waals surface area contributed by atoms with E-state index in [1.165, 1.54) is 13.8 Å². The molecule has 2 heterocycles. The number of hydrogen-bond donors (Lipinski definition) is 5. The minimum Gasteiger partial charge on any atom is -0.463 e. The number of rotatable bonds is 30. The second-order valence-electron chi connectivity index (χ2n) is 16.1. The Hall–Kier alpha value is -6.07. The molecule has 11 atom stereocenters. The Bertz CT molecular complexity index is 1850. The van der Waals surface area contributed by atoms with Gasteiger partial charge in [0.05, 0.1) is 39.6 Å². The summed E-state index contributed by atoms with van der Waals surface area (Å²) in [5.74, 6) is -6.95. The van der Waals surface area contributed by atoms with Crippen LogP contribution in [0.1, 0.15) is 81.6 Å². The van der Waals surface area contributed by atoms with Gasteiger partial charge in [0.2, 0.25) is 29.5 Å². The molecule has 72 heavy (non-hydrogen) atoms. The average molecular weight is 1040 g/mol. The Morgan fingerprint density at radius 1 is 0.486 bits per heavy atom. The van der Waals surface area contributed by atoms with Crippen molar-refractivity contribution in [2.24, 2.45) is 0 Å². The first-order valence-corrected chi connectivity index (χ1v) is 23.1. The fraction of sp³-hybridized carbons (Fsp3) is 0.750. The smallest absolute Gasteiger partial charge is 0.303 e. The monoisotopic (exact) mass is 1040 g/mol. The summed E-state index contributed by atoms with van der Waals surface area (Å²) in [5, 5.41) is 13.1. The molecule has 0 aliphatic carbocycles. The quantitative estimate of drug-likeness (QED) is 0.0277. The van der Waals surface area contributed by atoms with Crippen LogP contribution >= 0.6 is 0 Å². The number of ether oxygens (including phenoxy) is 12. The maximum Gasteiger partial charge on any atom is 0.303 e. The predicted octanol–water partition coefficient (Wildman–Crippen LogP) is -2.73. The molecule has 0 radical (unpaired) electrons. The highest BCUT2D eigenvalue weighted by Gasteiger charge is 2.52. The lowest BCUT2D eigenvalue weighted by atomic mass is 9.96. The molecule has 0 aromatic heterocycles. The highest BCUT2D eigenvalue weighted by atomic mass is 16.7. The topological polar surface area (TPSA) is 359 Å². The van der Waals surface area contributed by atoms with E-state index in [2.05, 4.69) is 26.6 Å². The van der Waals surface area contributed by atoms with Crippen molar-refractivity contribution in [3.63, 3.8) is 0 Å². The first-order chi connectivity index (χ1) is 34.0. The van der Waals surface area contributed by atoms with Crippen molar-refractivity contribution in [3.8, 4) is 0 Å². The van der Waals surface area contributed by atoms with Crippen LogP contribution < -0.4 is 26.6 Å². The molecule has 2 aliphatic heterocycles.